The van der Waals surface area contributed by atoms with Crippen molar-refractivity contribution in [1.29, 1.82) is 0 Å². The Morgan fingerprint density at radius 1 is 1.54 bits per heavy atom. The van der Waals surface area contributed by atoms with Gasteiger partial charge in [-0.15, -0.1) is 0 Å². The lowest BCUT2D eigenvalue weighted by molar-refractivity contribution is 0.144. The zero-order valence-corrected chi connectivity index (χ0v) is 7.28. The zero-order valence-electron chi connectivity index (χ0n) is 6.52. The number of alkyl halides is 2. The number of rotatable bonds is 2. The van der Waals surface area contributed by atoms with Crippen molar-refractivity contribution in [1.82, 2.24) is 4.98 Å². The van der Waals surface area contributed by atoms with Gasteiger partial charge < -0.3 is 4.74 Å². The molecule has 1 heterocycles. The molecule has 2 nitrogen and oxygen atoms in total. The molecule has 13 heavy (non-hydrogen) atoms. The highest BCUT2D eigenvalue weighted by Crippen LogP contribution is 2.28. The molecule has 0 atom stereocenters. The van der Waals surface area contributed by atoms with E-state index in [1.807, 2.05) is 0 Å². The lowest BCUT2D eigenvalue weighted by Crippen LogP contribution is -1.98. The van der Waals surface area contributed by atoms with Crippen molar-refractivity contribution in [2.24, 2.45) is 0 Å². The highest BCUT2D eigenvalue weighted by atomic mass is 35.5. The molecule has 72 valence electrons. The molecule has 0 aliphatic rings. The standard InChI is InChI=1S/C7H5ClF3NO/c1-13-7-4(9)2-3(8)5(12-7)6(10)11/h2,6H,1H3. The Bertz CT molecular complexity index is 319. The van der Waals surface area contributed by atoms with Crippen molar-refractivity contribution in [3.63, 3.8) is 0 Å². The fourth-order valence-electron chi connectivity index (χ4n) is 0.759. The van der Waals surface area contributed by atoms with E-state index < -0.39 is 28.8 Å². The number of hydrogen-bond donors (Lipinski definition) is 0. The van der Waals surface area contributed by atoms with Gasteiger partial charge in [0.25, 0.3) is 12.3 Å². The van der Waals surface area contributed by atoms with E-state index in [1.54, 1.807) is 0 Å². The number of methoxy groups -OCH3 is 1. The predicted octanol–water partition coefficient (Wildman–Crippen LogP) is 2.82. The van der Waals surface area contributed by atoms with Crippen molar-refractivity contribution in [2.45, 2.75) is 6.43 Å². The maximum absolute atomic E-state index is 12.8. The van der Waals surface area contributed by atoms with Gasteiger partial charge >= 0.3 is 0 Å². The maximum atomic E-state index is 12.8. The Kier molecular flexibility index (Phi) is 2.98. The number of ether oxygens (including phenoxy) is 1. The average molecular weight is 212 g/mol. The molecule has 0 aromatic carbocycles. The van der Waals surface area contributed by atoms with Gasteiger partial charge in [-0.25, -0.2) is 18.2 Å². The fraction of sp³-hybridized carbons (Fsp3) is 0.286. The molecule has 6 heteroatoms. The van der Waals surface area contributed by atoms with Crippen LogP contribution in [-0.4, -0.2) is 12.1 Å². The van der Waals surface area contributed by atoms with Gasteiger partial charge in [-0.3, -0.25) is 0 Å². The summed E-state index contributed by atoms with van der Waals surface area (Å²) < 4.78 is 41.5. The van der Waals surface area contributed by atoms with Crippen molar-refractivity contribution >= 4 is 11.6 Å². The highest BCUT2D eigenvalue weighted by molar-refractivity contribution is 6.31. The smallest absolute Gasteiger partial charge is 0.281 e. The SMILES string of the molecule is COc1nc(C(F)F)c(Cl)cc1F. The third-order valence-electron chi connectivity index (χ3n) is 1.32. The van der Waals surface area contributed by atoms with E-state index in [4.69, 9.17) is 11.6 Å². The van der Waals surface area contributed by atoms with Crippen LogP contribution in [0, 0.1) is 5.82 Å². The minimum Gasteiger partial charge on any atom is -0.479 e. The molecule has 0 radical (unpaired) electrons. The van der Waals surface area contributed by atoms with Gasteiger partial charge in [0, 0.05) is 6.07 Å². The monoisotopic (exact) mass is 211 g/mol. The molecule has 0 spiro atoms. The third kappa shape index (κ3) is 2.03. The largest absolute Gasteiger partial charge is 0.479 e. The summed E-state index contributed by atoms with van der Waals surface area (Å²) in [6.45, 7) is 0. The van der Waals surface area contributed by atoms with Crippen molar-refractivity contribution in [2.75, 3.05) is 7.11 Å². The molecule has 1 aromatic heterocycles. The average Bonchev–Trinajstić information content (AvgIpc) is 2.03. The second kappa shape index (κ2) is 3.83. The van der Waals surface area contributed by atoms with Crippen LogP contribution in [0.25, 0.3) is 0 Å². The molecule has 0 bridgehead atoms. The van der Waals surface area contributed by atoms with Crippen LogP contribution >= 0.6 is 11.6 Å². The van der Waals surface area contributed by atoms with Gasteiger partial charge in [0.2, 0.25) is 0 Å². The van der Waals surface area contributed by atoms with Crippen LogP contribution in [-0.2, 0) is 0 Å². The van der Waals surface area contributed by atoms with Crippen LogP contribution in [0.5, 0.6) is 5.88 Å². The molecule has 0 unspecified atom stereocenters. The van der Waals surface area contributed by atoms with Gasteiger partial charge in [-0.05, 0) is 0 Å². The Morgan fingerprint density at radius 2 is 2.15 bits per heavy atom. The molecule has 1 aromatic rings. The molecule has 0 aliphatic carbocycles. The van der Waals surface area contributed by atoms with E-state index >= 15 is 0 Å². The molecular formula is C7H5ClF3NO. The summed E-state index contributed by atoms with van der Waals surface area (Å²) in [4.78, 5) is 3.21. The van der Waals surface area contributed by atoms with E-state index in [0.717, 1.165) is 13.2 Å². The van der Waals surface area contributed by atoms with Gasteiger partial charge in [0.1, 0.15) is 5.69 Å². The molecule has 0 saturated carbocycles. The van der Waals surface area contributed by atoms with E-state index in [-0.39, 0.29) is 0 Å². The van der Waals surface area contributed by atoms with Crippen LogP contribution < -0.4 is 4.74 Å². The summed E-state index contributed by atoms with van der Waals surface area (Å²) in [5, 5.41) is -0.409. The number of nitrogens with zero attached hydrogens (tertiary/aromatic N) is 1. The molecule has 1 rings (SSSR count). The third-order valence-corrected chi connectivity index (χ3v) is 1.63. The Morgan fingerprint density at radius 3 is 2.62 bits per heavy atom. The van der Waals surface area contributed by atoms with Gasteiger partial charge in [-0.1, -0.05) is 11.6 Å². The zero-order chi connectivity index (χ0) is 10.0. The van der Waals surface area contributed by atoms with Crippen LogP contribution in [0.4, 0.5) is 13.2 Å². The summed E-state index contributed by atoms with van der Waals surface area (Å²) in [7, 11) is 1.13. The minimum absolute atomic E-state index is 0.409. The summed E-state index contributed by atoms with van der Waals surface area (Å²) in [5.41, 5.74) is -0.681. The van der Waals surface area contributed by atoms with Crippen molar-refractivity contribution in [3.05, 3.63) is 22.6 Å². The first-order chi connectivity index (χ1) is 6.06. The predicted molar refractivity (Wildman–Crippen MR) is 40.7 cm³/mol. The first-order valence-electron chi connectivity index (χ1n) is 3.24. The fourth-order valence-corrected chi connectivity index (χ4v) is 0.980. The number of pyridine rings is 1. The van der Waals surface area contributed by atoms with Crippen LogP contribution in [0.3, 0.4) is 0 Å². The minimum atomic E-state index is -2.85. The second-order valence-electron chi connectivity index (χ2n) is 2.15. The van der Waals surface area contributed by atoms with Crippen molar-refractivity contribution in [3.8, 4) is 5.88 Å². The Hall–Kier alpha value is -0.970. The van der Waals surface area contributed by atoms with Gasteiger partial charge in [-0.2, -0.15) is 0 Å². The number of aromatic nitrogens is 1. The van der Waals surface area contributed by atoms with Crippen molar-refractivity contribution < 1.29 is 17.9 Å². The lowest BCUT2D eigenvalue weighted by atomic mass is 10.3. The maximum Gasteiger partial charge on any atom is 0.281 e. The first kappa shape index (κ1) is 10.1. The summed E-state index contributed by atoms with van der Waals surface area (Å²) >= 11 is 5.32. The molecule has 0 amide bonds. The topological polar surface area (TPSA) is 22.1 Å². The van der Waals surface area contributed by atoms with Crippen LogP contribution in [0.15, 0.2) is 6.07 Å². The lowest BCUT2D eigenvalue weighted by Gasteiger charge is -2.05. The number of halogens is 4. The van der Waals surface area contributed by atoms with Gasteiger partial charge in [0.05, 0.1) is 12.1 Å². The summed E-state index contributed by atoms with van der Waals surface area (Å²) in [6.07, 6.45) is -2.85. The number of hydrogen-bond acceptors (Lipinski definition) is 2. The normalized spacial score (nSPS) is 10.6. The highest BCUT2D eigenvalue weighted by Gasteiger charge is 2.18. The van der Waals surface area contributed by atoms with E-state index in [9.17, 15) is 13.2 Å². The molecule has 0 fully saturated rings. The molecule has 0 N–H and O–H groups in total. The summed E-state index contributed by atoms with van der Waals surface area (Å²) in [6, 6.07) is 0.745. The summed E-state index contributed by atoms with van der Waals surface area (Å²) in [5.74, 6) is -1.35. The van der Waals surface area contributed by atoms with Crippen LogP contribution in [0.2, 0.25) is 5.02 Å². The van der Waals surface area contributed by atoms with E-state index in [0.29, 0.717) is 0 Å². The van der Waals surface area contributed by atoms with Gasteiger partial charge in [0.15, 0.2) is 5.82 Å². The van der Waals surface area contributed by atoms with Crippen LogP contribution in [0.1, 0.15) is 12.1 Å². The Labute approximate surface area is 77.3 Å². The quantitative estimate of drug-likeness (QED) is 0.751. The van der Waals surface area contributed by atoms with E-state index in [2.05, 4.69) is 9.72 Å². The Balaban J connectivity index is 3.22. The first-order valence-corrected chi connectivity index (χ1v) is 3.62. The molecule has 0 aliphatic heterocycles. The molecule has 0 saturated heterocycles. The molecular weight excluding hydrogens is 207 g/mol. The second-order valence-corrected chi connectivity index (χ2v) is 2.55. The van der Waals surface area contributed by atoms with E-state index in [1.165, 1.54) is 0 Å².